The first-order valence-electron chi connectivity index (χ1n) is 8.58. The number of hydrogen-bond acceptors (Lipinski definition) is 6. The second-order valence-electron chi connectivity index (χ2n) is 6.05. The van der Waals surface area contributed by atoms with Gasteiger partial charge in [0.05, 0.1) is 27.4 Å². The van der Waals surface area contributed by atoms with Crippen molar-refractivity contribution in [2.75, 3.05) is 67.2 Å². The molecule has 1 aliphatic heterocycles. The predicted molar refractivity (Wildman–Crippen MR) is 111 cm³/mol. The second kappa shape index (κ2) is 13.8. The summed E-state index contributed by atoms with van der Waals surface area (Å²) in [6.45, 7) is 5.74. The van der Waals surface area contributed by atoms with Gasteiger partial charge in [-0.1, -0.05) is 0 Å². The molecule has 1 saturated heterocycles. The van der Waals surface area contributed by atoms with Crippen LogP contribution in [0.2, 0.25) is 0 Å². The number of methoxy groups -OCH3 is 3. The molecule has 1 heterocycles. The summed E-state index contributed by atoms with van der Waals surface area (Å²) in [5.74, 6) is 1.74. The van der Waals surface area contributed by atoms with Crippen molar-refractivity contribution < 1.29 is 19.0 Å². The molecular weight excluding hydrogens is 393 g/mol. The molecule has 0 radical (unpaired) electrons. The van der Waals surface area contributed by atoms with Gasteiger partial charge in [-0.05, 0) is 17.7 Å². The highest BCUT2D eigenvalue weighted by molar-refractivity contribution is 5.85. The van der Waals surface area contributed by atoms with Gasteiger partial charge in [-0.3, -0.25) is 9.69 Å². The van der Waals surface area contributed by atoms with Gasteiger partial charge in [0, 0.05) is 52.4 Å². The van der Waals surface area contributed by atoms with Gasteiger partial charge < -0.3 is 24.4 Å². The van der Waals surface area contributed by atoms with E-state index >= 15 is 0 Å². The summed E-state index contributed by atoms with van der Waals surface area (Å²) in [5, 5.41) is 3.10. The fourth-order valence-electron chi connectivity index (χ4n) is 2.85. The Morgan fingerprint density at radius 3 is 2.11 bits per heavy atom. The zero-order valence-corrected chi connectivity index (χ0v) is 17.9. The fourth-order valence-corrected chi connectivity index (χ4v) is 2.85. The summed E-state index contributed by atoms with van der Waals surface area (Å²) < 4.78 is 15.6. The Bertz CT molecular complexity index is 533. The molecule has 0 unspecified atom stereocenters. The molecular formula is C18H31Cl2N3O4. The summed E-state index contributed by atoms with van der Waals surface area (Å²) in [5.41, 5.74) is 1.15. The third-order valence-corrected chi connectivity index (χ3v) is 4.30. The molecule has 1 amide bonds. The van der Waals surface area contributed by atoms with Gasteiger partial charge in [0.25, 0.3) is 0 Å². The molecule has 1 aromatic carbocycles. The van der Waals surface area contributed by atoms with E-state index in [4.69, 9.17) is 14.2 Å². The van der Waals surface area contributed by atoms with E-state index in [1.54, 1.807) is 21.3 Å². The Kier molecular flexibility index (Phi) is 13.2. The summed E-state index contributed by atoms with van der Waals surface area (Å²) in [4.78, 5) is 16.4. The van der Waals surface area contributed by atoms with E-state index in [1.807, 2.05) is 23.1 Å². The maximum absolute atomic E-state index is 12.2. The summed E-state index contributed by atoms with van der Waals surface area (Å²) >= 11 is 0. The van der Waals surface area contributed by atoms with E-state index in [1.165, 1.54) is 0 Å². The topological polar surface area (TPSA) is 63.3 Å². The Morgan fingerprint density at radius 2 is 1.59 bits per heavy atom. The number of halogens is 2. The van der Waals surface area contributed by atoms with E-state index in [0.29, 0.717) is 19.7 Å². The van der Waals surface area contributed by atoms with Crippen LogP contribution in [-0.4, -0.2) is 82.9 Å². The Morgan fingerprint density at radius 1 is 1.00 bits per heavy atom. The number of piperazine rings is 1. The van der Waals surface area contributed by atoms with Gasteiger partial charge in [0.15, 0.2) is 0 Å². The highest BCUT2D eigenvalue weighted by atomic mass is 35.5. The average molecular weight is 424 g/mol. The normalized spacial score (nSPS) is 14.1. The van der Waals surface area contributed by atoms with Crippen LogP contribution in [-0.2, 0) is 16.1 Å². The van der Waals surface area contributed by atoms with Crippen LogP contribution >= 0.6 is 24.8 Å². The van der Waals surface area contributed by atoms with Crippen molar-refractivity contribution in [2.24, 2.45) is 0 Å². The van der Waals surface area contributed by atoms with Crippen LogP contribution in [0.4, 0.5) is 0 Å². The average Bonchev–Trinajstić information content (AvgIpc) is 2.65. The monoisotopic (exact) mass is 423 g/mol. The maximum Gasteiger partial charge on any atom is 0.236 e. The number of nitrogens with one attached hydrogen (secondary N) is 1. The first-order chi connectivity index (χ1) is 12.2. The third-order valence-electron chi connectivity index (χ3n) is 4.30. The molecule has 0 saturated carbocycles. The van der Waals surface area contributed by atoms with Gasteiger partial charge in [-0.25, -0.2) is 0 Å². The Labute approximate surface area is 174 Å². The number of nitrogens with zero attached hydrogens (tertiary/aromatic N) is 2. The van der Waals surface area contributed by atoms with Crippen LogP contribution in [0.5, 0.6) is 11.5 Å². The van der Waals surface area contributed by atoms with E-state index < -0.39 is 0 Å². The first-order valence-corrected chi connectivity index (χ1v) is 8.58. The SMILES string of the molecule is COCCNCC(=O)N1CCN(Cc2cc(OC)cc(OC)c2)CC1.Cl.Cl. The Hall–Kier alpha value is -1.25. The number of ether oxygens (including phenoxy) is 3. The molecule has 156 valence electrons. The minimum Gasteiger partial charge on any atom is -0.497 e. The number of rotatable bonds is 9. The lowest BCUT2D eigenvalue weighted by molar-refractivity contribution is -0.132. The van der Waals surface area contributed by atoms with Crippen molar-refractivity contribution in [1.29, 1.82) is 0 Å². The number of benzene rings is 1. The molecule has 1 aromatic rings. The van der Waals surface area contributed by atoms with Crippen LogP contribution < -0.4 is 14.8 Å². The van der Waals surface area contributed by atoms with Crippen LogP contribution in [0, 0.1) is 0 Å². The smallest absolute Gasteiger partial charge is 0.236 e. The van der Waals surface area contributed by atoms with Gasteiger partial charge in [0.1, 0.15) is 11.5 Å². The highest BCUT2D eigenvalue weighted by Crippen LogP contribution is 2.23. The summed E-state index contributed by atoms with van der Waals surface area (Å²) in [6, 6.07) is 5.93. The fraction of sp³-hybridized carbons (Fsp3) is 0.611. The molecule has 1 N–H and O–H groups in total. The van der Waals surface area contributed by atoms with Gasteiger partial charge >= 0.3 is 0 Å². The second-order valence-corrected chi connectivity index (χ2v) is 6.05. The molecule has 0 aromatic heterocycles. The molecule has 7 nitrogen and oxygen atoms in total. The van der Waals surface area contributed by atoms with Crippen molar-refractivity contribution in [3.63, 3.8) is 0 Å². The minimum absolute atomic E-state index is 0. The van der Waals surface area contributed by atoms with E-state index in [9.17, 15) is 4.79 Å². The zero-order valence-electron chi connectivity index (χ0n) is 16.2. The quantitative estimate of drug-likeness (QED) is 0.606. The number of carbonyl (C=O) groups excluding carboxylic acids is 1. The lowest BCUT2D eigenvalue weighted by Crippen LogP contribution is -2.50. The van der Waals surface area contributed by atoms with Crippen molar-refractivity contribution in [2.45, 2.75) is 6.54 Å². The van der Waals surface area contributed by atoms with Crippen LogP contribution in [0.25, 0.3) is 0 Å². The van der Waals surface area contributed by atoms with E-state index in [0.717, 1.165) is 49.8 Å². The third kappa shape index (κ3) is 8.53. The van der Waals surface area contributed by atoms with Crippen molar-refractivity contribution >= 4 is 30.7 Å². The van der Waals surface area contributed by atoms with E-state index in [2.05, 4.69) is 10.2 Å². The molecule has 27 heavy (non-hydrogen) atoms. The van der Waals surface area contributed by atoms with E-state index in [-0.39, 0.29) is 30.7 Å². The Balaban J connectivity index is 0.00000338. The molecule has 9 heteroatoms. The lowest BCUT2D eigenvalue weighted by Gasteiger charge is -2.35. The zero-order chi connectivity index (χ0) is 18.1. The van der Waals surface area contributed by atoms with Gasteiger partial charge in [-0.15, -0.1) is 24.8 Å². The van der Waals surface area contributed by atoms with Crippen molar-refractivity contribution in [3.05, 3.63) is 23.8 Å². The lowest BCUT2D eigenvalue weighted by atomic mass is 10.1. The molecule has 2 rings (SSSR count). The van der Waals surface area contributed by atoms with Crippen LogP contribution in [0.3, 0.4) is 0 Å². The predicted octanol–water partition coefficient (Wildman–Crippen LogP) is 1.43. The number of carbonyl (C=O) groups is 1. The maximum atomic E-state index is 12.2. The molecule has 0 spiro atoms. The van der Waals surface area contributed by atoms with Crippen molar-refractivity contribution in [3.8, 4) is 11.5 Å². The first kappa shape index (κ1) is 25.8. The number of hydrogen-bond donors (Lipinski definition) is 1. The minimum atomic E-state index is 0. The van der Waals surface area contributed by atoms with Gasteiger partial charge in [-0.2, -0.15) is 0 Å². The standard InChI is InChI=1S/C18H29N3O4.2ClH/c1-23-9-4-19-13-18(22)21-7-5-20(6-8-21)14-15-10-16(24-2)12-17(11-15)25-3;;/h10-12,19H,4-9,13-14H2,1-3H3;2*1H. The molecule has 0 bridgehead atoms. The molecule has 0 aliphatic carbocycles. The van der Waals surface area contributed by atoms with Crippen LogP contribution in [0.15, 0.2) is 18.2 Å². The van der Waals surface area contributed by atoms with Crippen molar-refractivity contribution in [1.82, 2.24) is 15.1 Å². The number of amides is 1. The molecule has 1 fully saturated rings. The highest BCUT2D eigenvalue weighted by Gasteiger charge is 2.21. The summed E-state index contributed by atoms with van der Waals surface area (Å²) in [6.07, 6.45) is 0. The largest absolute Gasteiger partial charge is 0.497 e. The molecule has 0 atom stereocenters. The van der Waals surface area contributed by atoms with Gasteiger partial charge in [0.2, 0.25) is 5.91 Å². The van der Waals surface area contributed by atoms with Crippen LogP contribution in [0.1, 0.15) is 5.56 Å². The summed E-state index contributed by atoms with van der Waals surface area (Å²) in [7, 11) is 4.97. The molecule has 1 aliphatic rings.